The summed E-state index contributed by atoms with van der Waals surface area (Å²) < 4.78 is 46.0. The summed E-state index contributed by atoms with van der Waals surface area (Å²) in [5.41, 5.74) is 28.4. The third-order valence-electron chi connectivity index (χ3n) is 15.1. The standard InChI is InChI=1S/C27H21FN8O.C22H19FN4O.C17H14ClFN2O.C5H3ClN4.2CH4/c1-15(34-25-22(30-3)14-33-27(29)35-25)23-10-17-6-4-9-21(18-12-31-16(2)32-13-18)24(17)26(37)36(23)20-8-5-7-19(28)11-20;1-13(24)20-9-15-5-3-8-19(16-11-25-14(2)26-12-16)21(15)22(28)27(20)18-7-4-6-17(23)10-18;1-10(20)15-8-11-4-2-7-14(18)16(11)17(22)21(15)13-6-3-5-12(19)9-13;1-8-3-2-9-5(7)10-4(3)6;;/h4-15H,1-2H3,(H3,29,33,34,35);3-13H,24H2,1-2H3;2-10H,20H2,1H3;2H,(H2,7,9,10);2*1H4/t15-;13-;10-;;;/m000.../s1. The highest BCUT2D eigenvalue weighted by molar-refractivity contribution is 6.35. The zero-order valence-corrected chi connectivity index (χ0v) is 53.8. The highest BCUT2D eigenvalue weighted by atomic mass is 35.5. The summed E-state index contributed by atoms with van der Waals surface area (Å²) in [6.07, 6.45) is 9.36. The van der Waals surface area contributed by atoms with Gasteiger partial charge in [0.25, 0.3) is 16.7 Å². The lowest BCUT2D eigenvalue weighted by atomic mass is 9.99. The normalized spacial score (nSPS) is 11.5. The van der Waals surface area contributed by atoms with Gasteiger partial charge in [-0.2, -0.15) is 0 Å². The van der Waals surface area contributed by atoms with Gasteiger partial charge < -0.3 is 28.3 Å². The van der Waals surface area contributed by atoms with Gasteiger partial charge >= 0.3 is 0 Å². The van der Waals surface area contributed by atoms with Gasteiger partial charge in [-0.3, -0.25) is 28.1 Å². The summed E-state index contributed by atoms with van der Waals surface area (Å²) >= 11 is 11.7. The van der Waals surface area contributed by atoms with E-state index in [-0.39, 0.29) is 71.8 Å². The molecular weight excluding hydrogens is 1300 g/mol. The second-order valence-corrected chi connectivity index (χ2v) is 22.6. The van der Waals surface area contributed by atoms with Crippen molar-refractivity contribution in [1.29, 1.82) is 0 Å². The highest BCUT2D eigenvalue weighted by Gasteiger charge is 2.23. The average Bonchev–Trinajstić information content (AvgIpc) is 0.764. The molecule has 7 heterocycles. The predicted molar refractivity (Wildman–Crippen MR) is 386 cm³/mol. The number of halogens is 5. The minimum Gasteiger partial charge on any atom is -0.371 e. The van der Waals surface area contributed by atoms with Gasteiger partial charge in [-0.15, -0.1) is 0 Å². The Kier molecular flexibility index (Phi) is 23.3. The number of pyridine rings is 3. The molecule has 0 bridgehead atoms. The Hall–Kier alpha value is -12.1. The molecule has 13 rings (SSSR count). The molecule has 99 heavy (non-hydrogen) atoms. The maximum Gasteiger partial charge on any atom is 0.264 e. The fourth-order valence-corrected chi connectivity index (χ4v) is 11.0. The largest absolute Gasteiger partial charge is 0.371 e. The van der Waals surface area contributed by atoms with E-state index >= 15 is 0 Å². The Morgan fingerprint density at radius 3 is 1.24 bits per heavy atom. The fraction of sp³-hybridized carbons (Fsp3) is 0.137. The monoisotopic (exact) mass is 1370 g/mol. The van der Waals surface area contributed by atoms with Gasteiger partial charge in [0.15, 0.2) is 0 Å². The number of hydrogen-bond acceptors (Lipinski definition) is 16. The summed E-state index contributed by atoms with van der Waals surface area (Å²) in [6, 6.07) is 38.2. The van der Waals surface area contributed by atoms with Crippen LogP contribution in [0.3, 0.4) is 0 Å². The first-order chi connectivity index (χ1) is 46.5. The molecule has 0 saturated heterocycles. The summed E-state index contributed by atoms with van der Waals surface area (Å²) in [5, 5.41) is 7.17. The van der Waals surface area contributed by atoms with Crippen LogP contribution in [-0.4, -0.2) is 53.6 Å². The van der Waals surface area contributed by atoms with E-state index in [1.54, 1.807) is 101 Å². The van der Waals surface area contributed by atoms with Crippen molar-refractivity contribution in [2.45, 2.75) is 67.6 Å². The van der Waals surface area contributed by atoms with E-state index in [0.29, 0.717) is 83.5 Å². The van der Waals surface area contributed by atoms with Crippen molar-refractivity contribution >= 4 is 84.6 Å². The zero-order chi connectivity index (χ0) is 69.4. The Morgan fingerprint density at radius 2 is 0.838 bits per heavy atom. The Bertz CT molecular complexity index is 5430. The van der Waals surface area contributed by atoms with Crippen molar-refractivity contribution in [3.63, 3.8) is 0 Å². The fourth-order valence-electron chi connectivity index (χ4n) is 10.6. The molecule has 13 aromatic rings. The van der Waals surface area contributed by atoms with Crippen LogP contribution in [0.5, 0.6) is 0 Å². The molecule has 7 aromatic heterocycles. The van der Waals surface area contributed by atoms with E-state index in [1.807, 2.05) is 67.6 Å². The van der Waals surface area contributed by atoms with E-state index in [1.165, 1.54) is 62.5 Å². The van der Waals surface area contributed by atoms with Crippen molar-refractivity contribution < 1.29 is 13.2 Å². The molecule has 9 N–H and O–H groups in total. The van der Waals surface area contributed by atoms with Crippen LogP contribution in [0.4, 0.5) is 42.3 Å². The summed E-state index contributed by atoms with van der Waals surface area (Å²) in [6.45, 7) is 23.0. The van der Waals surface area contributed by atoms with Gasteiger partial charge in [-0.05, 0) is 141 Å². The van der Waals surface area contributed by atoms with Crippen LogP contribution < -0.4 is 44.9 Å². The molecule has 26 heteroatoms. The Balaban J connectivity index is 0.000000179. The summed E-state index contributed by atoms with van der Waals surface area (Å²) in [5.74, 6) is 0.284. The smallest absolute Gasteiger partial charge is 0.264 e. The topological polar surface area (TPSA) is 294 Å². The van der Waals surface area contributed by atoms with E-state index < -0.39 is 29.5 Å². The minimum atomic E-state index is -0.526. The molecular formula is C73H65Cl2F3N18O3. The van der Waals surface area contributed by atoms with Crippen LogP contribution in [0.15, 0.2) is 197 Å². The molecule has 0 radical (unpaired) electrons. The SMILES string of the molecule is C.C.C[C@H](N)c1cc2cccc(Cl)c2c(=O)n1-c1cccc(F)c1.Cc1ncc(-c2cccc3cc([C@H](C)N)n(-c4cccc(F)c4)c(=O)c23)cn1.[C-]#[N+]c1cnc(N)nc1Cl.[C-]#[N+]c1cnc(N)nc1N[C@@H](C)c1cc2cccc(-c3cnc(C)nc3)c2c(=O)n1-c1cccc(F)c1. The minimum absolute atomic E-state index is 0. The van der Waals surface area contributed by atoms with Gasteiger partial charge in [0.1, 0.15) is 40.1 Å². The number of rotatable bonds is 10. The first-order valence-corrected chi connectivity index (χ1v) is 30.3. The number of benzene rings is 6. The predicted octanol–water partition coefficient (Wildman–Crippen LogP) is 15.2. The molecule has 0 spiro atoms. The average molecular weight is 1370 g/mol. The van der Waals surface area contributed by atoms with Crippen molar-refractivity contribution in [3.8, 4) is 39.3 Å². The number of hydrogen-bond donors (Lipinski definition) is 5. The molecule has 3 atom stereocenters. The van der Waals surface area contributed by atoms with E-state index in [0.717, 1.165) is 21.9 Å². The maximum absolute atomic E-state index is 14.3. The summed E-state index contributed by atoms with van der Waals surface area (Å²) in [4.78, 5) is 79.3. The number of nitrogens with two attached hydrogens (primary N) is 4. The lowest BCUT2D eigenvalue weighted by Gasteiger charge is -2.22. The van der Waals surface area contributed by atoms with E-state index in [2.05, 4.69) is 54.9 Å². The molecule has 0 aliphatic carbocycles. The lowest BCUT2D eigenvalue weighted by Crippen LogP contribution is -2.26. The molecule has 0 fully saturated rings. The highest BCUT2D eigenvalue weighted by Crippen LogP contribution is 2.34. The van der Waals surface area contributed by atoms with Crippen molar-refractivity contribution in [1.82, 2.24) is 53.6 Å². The lowest BCUT2D eigenvalue weighted by molar-refractivity contribution is 0.624. The van der Waals surface area contributed by atoms with Crippen LogP contribution in [-0.2, 0) is 0 Å². The maximum atomic E-state index is 14.3. The van der Waals surface area contributed by atoms with E-state index in [4.69, 9.17) is 59.3 Å². The number of anilines is 3. The van der Waals surface area contributed by atoms with Crippen LogP contribution in [0, 0.1) is 44.4 Å². The molecule has 0 aliphatic heterocycles. The molecule has 21 nitrogen and oxygen atoms in total. The quantitative estimate of drug-likeness (QED) is 0.0628. The van der Waals surface area contributed by atoms with Gasteiger partial charge in [0.05, 0.1) is 57.4 Å². The Labute approximate surface area is 576 Å². The molecule has 6 aromatic carbocycles. The van der Waals surface area contributed by atoms with Crippen molar-refractivity contribution in [2.75, 3.05) is 16.8 Å². The van der Waals surface area contributed by atoms with Gasteiger partial charge in [-0.25, -0.2) is 62.7 Å². The second-order valence-electron chi connectivity index (χ2n) is 21.9. The third-order valence-corrected chi connectivity index (χ3v) is 15.7. The first kappa shape index (κ1) is 72.8. The molecule has 0 amide bonds. The second kappa shape index (κ2) is 31.7. The van der Waals surface area contributed by atoms with Crippen LogP contribution in [0.25, 0.3) is 81.3 Å². The molecule has 500 valence electrons. The molecule has 0 aliphatic rings. The number of fused-ring (bicyclic) bond motifs is 3. The van der Waals surface area contributed by atoms with Crippen molar-refractivity contribution in [2.24, 2.45) is 11.5 Å². The van der Waals surface area contributed by atoms with Gasteiger partial charge in [0.2, 0.25) is 23.3 Å². The van der Waals surface area contributed by atoms with Gasteiger partial charge in [-0.1, -0.05) is 105 Å². The number of nitrogen functional groups attached to an aromatic ring is 2. The number of nitrogens with one attached hydrogen (secondary N) is 1. The van der Waals surface area contributed by atoms with E-state index in [9.17, 15) is 27.6 Å². The van der Waals surface area contributed by atoms with Gasteiger partial charge in [0, 0.05) is 77.5 Å². The van der Waals surface area contributed by atoms with Crippen LogP contribution >= 0.6 is 23.2 Å². The van der Waals surface area contributed by atoms with Crippen LogP contribution in [0.1, 0.15) is 82.5 Å². The van der Waals surface area contributed by atoms with Crippen molar-refractivity contribution in [3.05, 3.63) is 293 Å². The zero-order valence-electron chi connectivity index (χ0n) is 52.3. The molecule has 0 unspecified atom stereocenters. The summed E-state index contributed by atoms with van der Waals surface area (Å²) in [7, 11) is 0. The molecule has 0 saturated carbocycles. The number of aromatic nitrogens is 11. The van der Waals surface area contributed by atoms with Crippen LogP contribution in [0.2, 0.25) is 10.2 Å². The third kappa shape index (κ3) is 16.1. The number of nitrogens with zero attached hydrogens (tertiary/aromatic N) is 13. The first-order valence-electron chi connectivity index (χ1n) is 29.5. The Morgan fingerprint density at radius 1 is 0.475 bits per heavy atom. The number of aryl methyl sites for hydroxylation is 2.